The molecule has 2 aromatic heterocycles. The number of amides is 2. The lowest BCUT2D eigenvalue weighted by Crippen LogP contribution is -2.46. The summed E-state index contributed by atoms with van der Waals surface area (Å²) in [6.07, 6.45) is 1.59. The summed E-state index contributed by atoms with van der Waals surface area (Å²) >= 11 is 1.52. The lowest BCUT2D eigenvalue weighted by atomic mass is 10.0. The van der Waals surface area contributed by atoms with Crippen molar-refractivity contribution in [2.45, 2.75) is 52.6 Å². The van der Waals surface area contributed by atoms with Crippen LogP contribution >= 0.6 is 11.3 Å². The highest BCUT2D eigenvalue weighted by atomic mass is 32.1. The summed E-state index contributed by atoms with van der Waals surface area (Å²) in [6, 6.07) is 4.31. The van der Waals surface area contributed by atoms with Gasteiger partial charge in [-0.15, -0.1) is 0 Å². The van der Waals surface area contributed by atoms with Gasteiger partial charge < -0.3 is 14.8 Å². The molecular weight excluding hydrogens is 346 g/mol. The van der Waals surface area contributed by atoms with Gasteiger partial charge in [-0.25, -0.2) is 0 Å². The predicted octanol–water partition coefficient (Wildman–Crippen LogP) is 3.78. The molecule has 1 fully saturated rings. The molecule has 0 atom stereocenters. The number of hydrogen-bond acceptors (Lipinski definition) is 3. The monoisotopic (exact) mass is 373 g/mol. The Bertz CT molecular complexity index is 784. The number of thiophene rings is 1. The number of nitrogens with zero attached hydrogens (tertiary/aromatic N) is 2. The highest BCUT2D eigenvalue weighted by molar-refractivity contribution is 7.08. The number of carbonyl (C=O) groups excluding carboxylic acids is 2. The van der Waals surface area contributed by atoms with E-state index in [0.717, 1.165) is 35.4 Å². The van der Waals surface area contributed by atoms with Gasteiger partial charge in [0.15, 0.2) is 0 Å². The second-order valence-corrected chi connectivity index (χ2v) is 8.08. The minimum atomic E-state index is -0.0171. The molecule has 2 aromatic rings. The number of nitrogens with one attached hydrogen (secondary N) is 1. The SMILES string of the molecule is Cc1cc(C(=O)N2CCC(NC(=O)c3ccsc3)CC2)c(C)n1C(C)C. The van der Waals surface area contributed by atoms with Crippen molar-refractivity contribution in [3.05, 3.63) is 45.4 Å². The van der Waals surface area contributed by atoms with Gasteiger partial charge in [0.2, 0.25) is 0 Å². The Kier molecular flexibility index (Phi) is 5.51. The van der Waals surface area contributed by atoms with Crippen LogP contribution < -0.4 is 5.32 Å². The molecule has 0 radical (unpaired) electrons. The van der Waals surface area contributed by atoms with Crippen molar-refractivity contribution >= 4 is 23.2 Å². The molecule has 1 aliphatic rings. The van der Waals surface area contributed by atoms with Crippen molar-refractivity contribution in [2.75, 3.05) is 13.1 Å². The fourth-order valence-corrected chi connectivity index (χ4v) is 4.48. The van der Waals surface area contributed by atoms with E-state index in [9.17, 15) is 9.59 Å². The van der Waals surface area contributed by atoms with Crippen LogP contribution in [-0.2, 0) is 0 Å². The number of aryl methyl sites for hydroxylation is 1. The minimum absolute atomic E-state index is 0.0171. The van der Waals surface area contributed by atoms with Gasteiger partial charge in [-0.05, 0) is 58.0 Å². The topological polar surface area (TPSA) is 54.3 Å². The number of rotatable bonds is 4. The predicted molar refractivity (Wildman–Crippen MR) is 105 cm³/mol. The summed E-state index contributed by atoms with van der Waals surface area (Å²) in [4.78, 5) is 27.0. The second kappa shape index (κ2) is 7.66. The van der Waals surface area contributed by atoms with Gasteiger partial charge in [0, 0.05) is 47.5 Å². The summed E-state index contributed by atoms with van der Waals surface area (Å²) in [5.41, 5.74) is 3.68. The maximum Gasteiger partial charge on any atom is 0.255 e. The average Bonchev–Trinajstić information content (AvgIpc) is 3.23. The number of carbonyl (C=O) groups is 2. The van der Waals surface area contributed by atoms with Crippen LogP contribution in [0.3, 0.4) is 0 Å². The first-order valence-electron chi connectivity index (χ1n) is 9.19. The van der Waals surface area contributed by atoms with Crippen molar-refractivity contribution in [1.29, 1.82) is 0 Å². The molecule has 26 heavy (non-hydrogen) atoms. The Labute approximate surface area is 159 Å². The zero-order chi connectivity index (χ0) is 18.8. The standard InChI is InChI=1S/C20H27N3O2S/c1-13(2)23-14(3)11-18(15(23)4)20(25)22-8-5-17(6-9-22)21-19(24)16-7-10-26-12-16/h7,10-13,17H,5-6,8-9H2,1-4H3,(H,21,24). The number of aromatic nitrogens is 1. The van der Waals surface area contributed by atoms with Gasteiger partial charge in [0.05, 0.1) is 5.56 Å². The maximum absolute atomic E-state index is 13.0. The third kappa shape index (κ3) is 3.70. The molecular formula is C20H27N3O2S. The maximum atomic E-state index is 13.0. The molecule has 3 rings (SSSR count). The fraction of sp³-hybridized carbons (Fsp3) is 0.500. The quantitative estimate of drug-likeness (QED) is 0.887. The third-order valence-electron chi connectivity index (χ3n) is 5.13. The normalized spacial score (nSPS) is 15.5. The summed E-state index contributed by atoms with van der Waals surface area (Å²) in [7, 11) is 0. The molecule has 0 aromatic carbocycles. The van der Waals surface area contributed by atoms with Gasteiger partial charge in [0.1, 0.15) is 0 Å². The van der Waals surface area contributed by atoms with Gasteiger partial charge in [-0.3, -0.25) is 9.59 Å². The van der Waals surface area contributed by atoms with Crippen molar-refractivity contribution in [3.8, 4) is 0 Å². The molecule has 6 heteroatoms. The van der Waals surface area contributed by atoms with Crippen LogP contribution in [0.4, 0.5) is 0 Å². The van der Waals surface area contributed by atoms with Crippen molar-refractivity contribution in [3.63, 3.8) is 0 Å². The molecule has 1 saturated heterocycles. The zero-order valence-electron chi connectivity index (χ0n) is 15.9. The Morgan fingerprint density at radius 3 is 2.46 bits per heavy atom. The first-order valence-corrected chi connectivity index (χ1v) is 10.1. The van der Waals surface area contributed by atoms with E-state index in [4.69, 9.17) is 0 Å². The number of likely N-dealkylation sites (tertiary alicyclic amines) is 1. The fourth-order valence-electron chi connectivity index (χ4n) is 3.85. The highest BCUT2D eigenvalue weighted by Crippen LogP contribution is 2.23. The van der Waals surface area contributed by atoms with Crippen LogP contribution in [0, 0.1) is 13.8 Å². The molecule has 2 amide bonds. The van der Waals surface area contributed by atoms with Crippen molar-refractivity contribution < 1.29 is 9.59 Å². The van der Waals surface area contributed by atoms with Crippen LogP contribution in [0.15, 0.2) is 22.9 Å². The minimum Gasteiger partial charge on any atom is -0.349 e. The molecule has 0 saturated carbocycles. The Balaban J connectivity index is 1.60. The van der Waals surface area contributed by atoms with Gasteiger partial charge in [-0.1, -0.05) is 0 Å². The van der Waals surface area contributed by atoms with Crippen LogP contribution in [0.1, 0.15) is 64.8 Å². The van der Waals surface area contributed by atoms with Crippen molar-refractivity contribution in [2.24, 2.45) is 0 Å². The van der Waals surface area contributed by atoms with Crippen LogP contribution in [0.25, 0.3) is 0 Å². The van der Waals surface area contributed by atoms with Gasteiger partial charge in [0.25, 0.3) is 11.8 Å². The van der Waals surface area contributed by atoms with E-state index in [1.54, 1.807) is 0 Å². The Morgan fingerprint density at radius 2 is 1.92 bits per heavy atom. The third-order valence-corrected chi connectivity index (χ3v) is 5.82. The van der Waals surface area contributed by atoms with E-state index < -0.39 is 0 Å². The van der Waals surface area contributed by atoms with E-state index in [2.05, 4.69) is 30.7 Å². The smallest absolute Gasteiger partial charge is 0.255 e. The molecule has 0 unspecified atom stereocenters. The zero-order valence-corrected chi connectivity index (χ0v) is 16.7. The largest absolute Gasteiger partial charge is 0.349 e. The van der Waals surface area contributed by atoms with E-state index in [1.165, 1.54) is 11.3 Å². The average molecular weight is 374 g/mol. The van der Waals surface area contributed by atoms with Crippen LogP contribution in [0.5, 0.6) is 0 Å². The summed E-state index contributed by atoms with van der Waals surface area (Å²) in [5, 5.41) is 6.85. The van der Waals surface area contributed by atoms with E-state index >= 15 is 0 Å². The van der Waals surface area contributed by atoms with Crippen LogP contribution in [-0.4, -0.2) is 40.4 Å². The van der Waals surface area contributed by atoms with E-state index in [-0.39, 0.29) is 17.9 Å². The van der Waals surface area contributed by atoms with Crippen LogP contribution in [0.2, 0.25) is 0 Å². The summed E-state index contributed by atoms with van der Waals surface area (Å²) in [5.74, 6) is 0.0871. The summed E-state index contributed by atoms with van der Waals surface area (Å²) in [6.45, 7) is 9.70. The molecule has 3 heterocycles. The number of piperidine rings is 1. The van der Waals surface area contributed by atoms with E-state index in [0.29, 0.717) is 19.1 Å². The molecule has 1 aliphatic heterocycles. The molecule has 5 nitrogen and oxygen atoms in total. The lowest BCUT2D eigenvalue weighted by molar-refractivity contribution is 0.0697. The van der Waals surface area contributed by atoms with Crippen molar-refractivity contribution in [1.82, 2.24) is 14.8 Å². The molecule has 140 valence electrons. The Morgan fingerprint density at radius 1 is 1.23 bits per heavy atom. The summed E-state index contributed by atoms with van der Waals surface area (Å²) < 4.78 is 2.21. The Hall–Kier alpha value is -2.08. The van der Waals surface area contributed by atoms with Gasteiger partial charge >= 0.3 is 0 Å². The molecule has 0 aliphatic carbocycles. The molecule has 0 bridgehead atoms. The lowest BCUT2D eigenvalue weighted by Gasteiger charge is -2.32. The molecule has 0 spiro atoms. The first kappa shape index (κ1) is 18.7. The van der Waals surface area contributed by atoms with E-state index in [1.807, 2.05) is 34.7 Å². The highest BCUT2D eigenvalue weighted by Gasteiger charge is 2.27. The first-order chi connectivity index (χ1) is 12.4. The molecule has 1 N–H and O–H groups in total. The number of hydrogen-bond donors (Lipinski definition) is 1. The van der Waals surface area contributed by atoms with Gasteiger partial charge in [-0.2, -0.15) is 11.3 Å². The second-order valence-electron chi connectivity index (χ2n) is 7.30.